The number of nitrogens with zero attached hydrogens (tertiary/aromatic N) is 2. The molecule has 142 valence electrons. The van der Waals surface area contributed by atoms with Gasteiger partial charge < -0.3 is 15.9 Å². The number of hydrogen-bond acceptors (Lipinski definition) is 5. The molecule has 1 saturated carbocycles. The highest BCUT2D eigenvalue weighted by Gasteiger charge is 2.31. The van der Waals surface area contributed by atoms with Gasteiger partial charge in [-0.2, -0.15) is 0 Å². The van der Waals surface area contributed by atoms with Crippen LogP contribution < -0.4 is 5.73 Å². The predicted molar refractivity (Wildman–Crippen MR) is 99.1 cm³/mol. The molecule has 8 nitrogen and oxygen atoms in total. The maximum atomic E-state index is 12.7. The minimum Gasteiger partial charge on any atom is -0.494 e. The summed E-state index contributed by atoms with van der Waals surface area (Å²) in [4.78, 5) is 39.2. The molecule has 1 aliphatic carbocycles. The number of rotatable bonds is 2. The van der Waals surface area contributed by atoms with Crippen LogP contribution in [0.2, 0.25) is 0 Å². The second-order valence-corrected chi connectivity index (χ2v) is 6.81. The van der Waals surface area contributed by atoms with Gasteiger partial charge in [0.1, 0.15) is 5.78 Å². The van der Waals surface area contributed by atoms with Crippen LogP contribution in [0.25, 0.3) is 10.8 Å². The lowest BCUT2D eigenvalue weighted by Gasteiger charge is -2.23. The van der Waals surface area contributed by atoms with Crippen molar-refractivity contribution in [1.29, 1.82) is 0 Å². The molecule has 1 aromatic heterocycles. The minimum absolute atomic E-state index is 0.0671. The van der Waals surface area contributed by atoms with Crippen LogP contribution in [0.5, 0.6) is 11.8 Å². The van der Waals surface area contributed by atoms with E-state index in [1.165, 1.54) is 6.21 Å². The number of aliphatic imine (C=N–C) groups is 1. The number of Topliss-reactive ketones (excluding diaryl/α,β-unsaturated/α-hetero) is 2. The average molecular weight is 371 g/mol. The summed E-state index contributed by atoms with van der Waals surface area (Å²) in [5.41, 5.74) is 5.39. The highest BCUT2D eigenvalue weighted by molar-refractivity contribution is 6.07. The van der Waals surface area contributed by atoms with E-state index in [0.717, 1.165) is 4.57 Å². The summed E-state index contributed by atoms with van der Waals surface area (Å²) in [6.45, 7) is 1.80. The average Bonchev–Trinajstić information content (AvgIpc) is 2.89. The van der Waals surface area contributed by atoms with E-state index in [0.29, 0.717) is 17.4 Å². The lowest BCUT2D eigenvalue weighted by molar-refractivity contribution is -0.127. The first-order valence-electron chi connectivity index (χ1n) is 8.75. The van der Waals surface area contributed by atoms with Crippen LogP contribution in [-0.4, -0.2) is 38.6 Å². The summed E-state index contributed by atoms with van der Waals surface area (Å²) in [6.07, 6.45) is 2.24. The second-order valence-electron chi connectivity index (χ2n) is 6.81. The van der Waals surface area contributed by atoms with Crippen LogP contribution in [-0.2, 0) is 9.59 Å². The Morgan fingerprint density at radius 3 is 2.59 bits per heavy atom. The Balaban J connectivity index is 2.11. The molecule has 27 heavy (non-hydrogen) atoms. The highest BCUT2D eigenvalue weighted by atomic mass is 16.3. The number of carbonyl (C=O) groups excluding carboxylic acids is 3. The lowest BCUT2D eigenvalue weighted by Crippen LogP contribution is -2.25. The molecule has 8 heteroatoms. The van der Waals surface area contributed by atoms with Crippen LogP contribution in [0.1, 0.15) is 44.2 Å². The molecule has 3 rings (SSSR count). The van der Waals surface area contributed by atoms with Gasteiger partial charge in [-0.05, 0) is 18.9 Å². The van der Waals surface area contributed by atoms with Gasteiger partial charge in [0.05, 0.1) is 11.4 Å². The van der Waals surface area contributed by atoms with E-state index in [9.17, 15) is 24.6 Å². The quantitative estimate of drug-likeness (QED) is 0.697. The van der Waals surface area contributed by atoms with Crippen molar-refractivity contribution in [2.45, 2.75) is 38.6 Å². The van der Waals surface area contributed by atoms with Crippen LogP contribution >= 0.6 is 0 Å². The molecule has 0 bridgehead atoms. The molecule has 2 aromatic rings. The number of aromatic hydroxyl groups is 2. The van der Waals surface area contributed by atoms with Gasteiger partial charge in [-0.3, -0.25) is 14.2 Å². The van der Waals surface area contributed by atoms with E-state index in [4.69, 9.17) is 5.73 Å². The van der Waals surface area contributed by atoms with Crippen molar-refractivity contribution in [3.8, 4) is 11.8 Å². The first-order valence-corrected chi connectivity index (χ1v) is 8.75. The Morgan fingerprint density at radius 2 is 1.89 bits per heavy atom. The Morgan fingerprint density at radius 1 is 1.19 bits per heavy atom. The maximum absolute atomic E-state index is 12.7. The minimum atomic E-state index is -0.891. The van der Waals surface area contributed by atoms with Crippen molar-refractivity contribution in [3.05, 3.63) is 23.8 Å². The van der Waals surface area contributed by atoms with Crippen molar-refractivity contribution >= 4 is 34.6 Å². The zero-order valence-electron chi connectivity index (χ0n) is 14.9. The molecular weight excluding hydrogens is 350 g/mol. The highest BCUT2D eigenvalue weighted by Crippen LogP contribution is 2.42. The summed E-state index contributed by atoms with van der Waals surface area (Å²) in [5, 5.41) is 22.0. The largest absolute Gasteiger partial charge is 0.494 e. The number of hydrogen-bond donors (Lipinski definition) is 3. The lowest BCUT2D eigenvalue weighted by atomic mass is 9.88. The van der Waals surface area contributed by atoms with Gasteiger partial charge in [-0.15, -0.1) is 0 Å². The Bertz CT molecular complexity index is 960. The number of ketones is 2. The molecule has 0 saturated heterocycles. The monoisotopic (exact) mass is 371 g/mol. The number of fused-ring (bicyclic) bond motifs is 1. The molecule has 0 radical (unpaired) electrons. The van der Waals surface area contributed by atoms with Crippen molar-refractivity contribution in [3.63, 3.8) is 0 Å². The third kappa shape index (κ3) is 3.42. The Hall–Kier alpha value is -3.16. The third-order valence-electron chi connectivity index (χ3n) is 5.07. The molecule has 0 spiro atoms. The van der Waals surface area contributed by atoms with Gasteiger partial charge in [-0.1, -0.05) is 19.1 Å². The first-order chi connectivity index (χ1) is 12.8. The molecule has 4 N–H and O–H groups in total. The summed E-state index contributed by atoms with van der Waals surface area (Å²) >= 11 is 0. The number of amides is 2. The summed E-state index contributed by atoms with van der Waals surface area (Å²) < 4.78 is 1.16. The molecule has 2 unspecified atom stereocenters. The normalized spacial score (nSPS) is 21.5. The standard InChI is InChI=1S/C19H21N3O5/c1-10-5-7-15(24)13(6-8-14(10)23)22-17(25)12-4-2-3-11(9-21-19(20)27)16(12)18(22)26/h2-4,9-10,13,25-26H,5-8H2,1H3,(H2,20,27). The van der Waals surface area contributed by atoms with Gasteiger partial charge >= 0.3 is 6.03 Å². The smallest absolute Gasteiger partial charge is 0.338 e. The topological polar surface area (TPSA) is 135 Å². The van der Waals surface area contributed by atoms with Crippen LogP contribution in [0.4, 0.5) is 4.79 Å². The van der Waals surface area contributed by atoms with Gasteiger partial charge in [0.15, 0.2) is 5.78 Å². The van der Waals surface area contributed by atoms with Crippen molar-refractivity contribution in [1.82, 2.24) is 4.57 Å². The zero-order valence-corrected chi connectivity index (χ0v) is 14.9. The van der Waals surface area contributed by atoms with E-state index >= 15 is 0 Å². The van der Waals surface area contributed by atoms with E-state index in [1.54, 1.807) is 25.1 Å². The molecule has 2 amide bonds. The summed E-state index contributed by atoms with van der Waals surface area (Å²) in [7, 11) is 0. The van der Waals surface area contributed by atoms with E-state index in [-0.39, 0.29) is 53.9 Å². The molecule has 1 heterocycles. The molecule has 1 fully saturated rings. The fourth-order valence-electron chi connectivity index (χ4n) is 3.54. The van der Waals surface area contributed by atoms with Gasteiger partial charge in [0.25, 0.3) is 0 Å². The van der Waals surface area contributed by atoms with Crippen LogP contribution in [0.3, 0.4) is 0 Å². The van der Waals surface area contributed by atoms with E-state index in [1.807, 2.05) is 0 Å². The van der Waals surface area contributed by atoms with E-state index < -0.39 is 12.1 Å². The number of benzene rings is 1. The van der Waals surface area contributed by atoms with Crippen molar-refractivity contribution in [2.24, 2.45) is 16.6 Å². The molecule has 2 atom stereocenters. The second kappa shape index (κ2) is 7.22. The maximum Gasteiger partial charge on any atom is 0.338 e. The number of urea groups is 1. The molecule has 0 aliphatic heterocycles. The molecular formula is C19H21N3O5. The van der Waals surface area contributed by atoms with Gasteiger partial charge in [-0.25, -0.2) is 9.79 Å². The zero-order chi connectivity index (χ0) is 19.7. The van der Waals surface area contributed by atoms with Crippen LogP contribution in [0.15, 0.2) is 23.2 Å². The van der Waals surface area contributed by atoms with Gasteiger partial charge in [0.2, 0.25) is 11.8 Å². The number of aromatic nitrogens is 1. The Labute approximate surface area is 155 Å². The fraction of sp³-hybridized carbons (Fsp3) is 0.368. The Kier molecular flexibility index (Phi) is 4.98. The molecule has 1 aromatic carbocycles. The summed E-state index contributed by atoms with van der Waals surface area (Å²) in [6, 6.07) is 3.08. The first kappa shape index (κ1) is 18.6. The van der Waals surface area contributed by atoms with Gasteiger partial charge in [0, 0.05) is 35.9 Å². The number of nitrogens with two attached hydrogens (primary N) is 1. The number of carbonyl (C=O) groups is 3. The SMILES string of the molecule is CC1CCC(=O)C(n2c(O)c3cccc(C=NC(N)=O)c3c2O)CCC1=O. The molecule has 1 aliphatic rings. The third-order valence-corrected chi connectivity index (χ3v) is 5.07. The van der Waals surface area contributed by atoms with Crippen molar-refractivity contribution in [2.75, 3.05) is 0 Å². The van der Waals surface area contributed by atoms with Crippen LogP contribution in [0, 0.1) is 5.92 Å². The van der Waals surface area contributed by atoms with E-state index in [2.05, 4.69) is 4.99 Å². The van der Waals surface area contributed by atoms with Crippen molar-refractivity contribution < 1.29 is 24.6 Å². The fourth-order valence-corrected chi connectivity index (χ4v) is 3.54. The predicted octanol–water partition coefficient (Wildman–Crippen LogP) is 2.44. The summed E-state index contributed by atoms with van der Waals surface area (Å²) in [5.74, 6) is -0.827. The number of primary amides is 1.